The highest BCUT2D eigenvalue weighted by Crippen LogP contribution is 2.23. The topological polar surface area (TPSA) is 63.2 Å². The molecule has 2 aromatic carbocycles. The Labute approximate surface area is 141 Å². The van der Waals surface area contributed by atoms with E-state index in [0.717, 1.165) is 6.26 Å². The molecule has 0 bridgehead atoms. The van der Waals surface area contributed by atoms with Crippen LogP contribution in [-0.4, -0.2) is 20.6 Å². The molecule has 0 aliphatic heterocycles. The Hall–Kier alpha value is -1.85. The summed E-state index contributed by atoms with van der Waals surface area (Å²) in [4.78, 5) is 12.4. The zero-order valence-corrected chi connectivity index (χ0v) is 14.7. The van der Waals surface area contributed by atoms with Gasteiger partial charge in [-0.3, -0.25) is 4.79 Å². The third-order valence-electron chi connectivity index (χ3n) is 3.45. The molecule has 0 atom stereocenters. The molecule has 1 amide bonds. The van der Waals surface area contributed by atoms with Gasteiger partial charge in [0.1, 0.15) is 0 Å². The second-order valence-corrected chi connectivity index (χ2v) is 8.07. The van der Waals surface area contributed by atoms with Crippen LogP contribution in [0.5, 0.6) is 0 Å². The fourth-order valence-corrected chi connectivity index (χ4v) is 2.91. The molecule has 0 spiro atoms. The fraction of sp³-hybridized carbons (Fsp3) is 0.235. The number of carbonyl (C=O) groups is 1. The van der Waals surface area contributed by atoms with Crippen LogP contribution in [0.25, 0.3) is 0 Å². The van der Waals surface area contributed by atoms with E-state index in [1.807, 2.05) is 24.3 Å². The average Bonchev–Trinajstić information content (AvgIpc) is 2.46. The minimum atomic E-state index is -3.40. The molecule has 122 valence electrons. The van der Waals surface area contributed by atoms with E-state index in [1.54, 1.807) is 0 Å². The zero-order chi connectivity index (χ0) is 17.2. The van der Waals surface area contributed by atoms with Crippen LogP contribution in [0.3, 0.4) is 0 Å². The first kappa shape index (κ1) is 17.5. The van der Waals surface area contributed by atoms with Gasteiger partial charge >= 0.3 is 0 Å². The molecule has 23 heavy (non-hydrogen) atoms. The number of anilines is 1. The van der Waals surface area contributed by atoms with Crippen LogP contribution in [0.1, 0.15) is 35.7 Å². The van der Waals surface area contributed by atoms with Crippen molar-refractivity contribution in [3.05, 3.63) is 58.6 Å². The molecule has 6 heteroatoms. The summed E-state index contributed by atoms with van der Waals surface area (Å²) in [5.74, 6) is -0.0431. The Kier molecular flexibility index (Phi) is 5.12. The summed E-state index contributed by atoms with van der Waals surface area (Å²) in [6.45, 7) is 4.17. The third-order valence-corrected chi connectivity index (χ3v) is 4.89. The molecule has 2 rings (SSSR count). The van der Waals surface area contributed by atoms with E-state index < -0.39 is 15.7 Å². The van der Waals surface area contributed by atoms with Crippen LogP contribution < -0.4 is 5.32 Å². The summed E-state index contributed by atoms with van der Waals surface area (Å²) in [5, 5.41) is 2.93. The molecule has 0 aliphatic carbocycles. The van der Waals surface area contributed by atoms with E-state index in [0.29, 0.717) is 11.6 Å². The molecule has 0 aromatic heterocycles. The van der Waals surface area contributed by atoms with Crippen LogP contribution in [0, 0.1) is 0 Å². The van der Waals surface area contributed by atoms with E-state index in [4.69, 9.17) is 11.6 Å². The molecule has 1 N–H and O–H groups in total. The van der Waals surface area contributed by atoms with Gasteiger partial charge in [-0.2, -0.15) is 0 Å². The van der Waals surface area contributed by atoms with Crippen molar-refractivity contribution in [2.24, 2.45) is 0 Å². The van der Waals surface area contributed by atoms with Crippen molar-refractivity contribution in [1.82, 2.24) is 0 Å². The number of amides is 1. The van der Waals surface area contributed by atoms with Crippen molar-refractivity contribution in [2.45, 2.75) is 24.7 Å². The molecule has 0 aliphatic rings. The minimum absolute atomic E-state index is 0.0576. The number of nitrogens with one attached hydrogen (secondary N) is 1. The second-order valence-electron chi connectivity index (χ2n) is 5.64. The van der Waals surface area contributed by atoms with Crippen LogP contribution in [0.4, 0.5) is 5.69 Å². The summed E-state index contributed by atoms with van der Waals surface area (Å²) >= 11 is 6.02. The van der Waals surface area contributed by atoms with Crippen molar-refractivity contribution in [3.63, 3.8) is 0 Å². The van der Waals surface area contributed by atoms with Crippen molar-refractivity contribution in [1.29, 1.82) is 0 Å². The molecule has 0 saturated carbocycles. The van der Waals surface area contributed by atoms with Crippen molar-refractivity contribution in [2.75, 3.05) is 11.6 Å². The number of carbonyl (C=O) groups excluding carboxylic acids is 1. The molecular formula is C17H18ClNO3S. The van der Waals surface area contributed by atoms with Gasteiger partial charge < -0.3 is 5.32 Å². The predicted octanol–water partition coefficient (Wildman–Crippen LogP) is 4.12. The quantitative estimate of drug-likeness (QED) is 0.901. The first-order valence-corrected chi connectivity index (χ1v) is 9.36. The number of sulfone groups is 1. The first-order chi connectivity index (χ1) is 10.7. The lowest BCUT2D eigenvalue weighted by atomic mass is 10.0. The van der Waals surface area contributed by atoms with E-state index in [9.17, 15) is 13.2 Å². The highest BCUT2D eigenvalue weighted by Gasteiger charge is 2.15. The van der Waals surface area contributed by atoms with E-state index in [-0.39, 0.29) is 15.5 Å². The van der Waals surface area contributed by atoms with E-state index in [2.05, 4.69) is 19.2 Å². The lowest BCUT2D eigenvalue weighted by Crippen LogP contribution is -2.13. The molecular weight excluding hydrogens is 334 g/mol. The third kappa shape index (κ3) is 4.33. The fourth-order valence-electron chi connectivity index (χ4n) is 2.06. The van der Waals surface area contributed by atoms with Gasteiger partial charge in [-0.15, -0.1) is 0 Å². The summed E-state index contributed by atoms with van der Waals surface area (Å²) in [6, 6.07) is 11.6. The highest BCUT2D eigenvalue weighted by molar-refractivity contribution is 7.90. The van der Waals surface area contributed by atoms with E-state index in [1.165, 1.54) is 23.8 Å². The Balaban J connectivity index is 2.27. The van der Waals surface area contributed by atoms with Gasteiger partial charge in [0.15, 0.2) is 9.84 Å². The van der Waals surface area contributed by atoms with Crippen molar-refractivity contribution >= 4 is 33.0 Å². The summed E-state index contributed by atoms with van der Waals surface area (Å²) in [6.07, 6.45) is 1.09. The Morgan fingerprint density at radius 1 is 1.09 bits per heavy atom. The summed E-state index contributed by atoms with van der Waals surface area (Å²) in [7, 11) is -3.40. The van der Waals surface area contributed by atoms with Crippen LogP contribution >= 0.6 is 11.6 Å². The normalized spacial score (nSPS) is 11.5. The molecule has 0 saturated heterocycles. The number of benzene rings is 2. The van der Waals surface area contributed by atoms with Gasteiger partial charge in [0.25, 0.3) is 5.91 Å². The average molecular weight is 352 g/mol. The highest BCUT2D eigenvalue weighted by atomic mass is 35.5. The van der Waals surface area contributed by atoms with Crippen molar-refractivity contribution < 1.29 is 13.2 Å². The van der Waals surface area contributed by atoms with Gasteiger partial charge in [-0.25, -0.2) is 8.42 Å². The largest absolute Gasteiger partial charge is 0.322 e. The maximum atomic E-state index is 12.3. The maximum absolute atomic E-state index is 12.3. The molecule has 0 unspecified atom stereocenters. The van der Waals surface area contributed by atoms with E-state index >= 15 is 0 Å². The Morgan fingerprint density at radius 3 is 2.22 bits per heavy atom. The predicted molar refractivity (Wildman–Crippen MR) is 93.0 cm³/mol. The molecule has 4 nitrogen and oxygen atoms in total. The lowest BCUT2D eigenvalue weighted by Gasteiger charge is -2.10. The van der Waals surface area contributed by atoms with Gasteiger partial charge in [-0.1, -0.05) is 37.6 Å². The Bertz CT molecular complexity index is 827. The SMILES string of the molecule is CC(C)c1ccc(NC(=O)c2cc(S(C)(=O)=O)ccc2Cl)cc1. The number of halogens is 1. The molecule has 0 radical (unpaired) electrons. The number of hydrogen-bond acceptors (Lipinski definition) is 3. The molecule has 2 aromatic rings. The maximum Gasteiger partial charge on any atom is 0.257 e. The van der Waals surface area contributed by atoms with Crippen LogP contribution in [0.2, 0.25) is 5.02 Å². The molecule has 0 fully saturated rings. The summed E-state index contributed by atoms with van der Waals surface area (Å²) in [5.41, 5.74) is 1.92. The van der Waals surface area contributed by atoms with Crippen molar-refractivity contribution in [3.8, 4) is 0 Å². The zero-order valence-electron chi connectivity index (χ0n) is 13.1. The van der Waals surface area contributed by atoms with Gasteiger partial charge in [-0.05, 0) is 41.8 Å². The lowest BCUT2D eigenvalue weighted by molar-refractivity contribution is 0.102. The number of rotatable bonds is 4. The van der Waals surface area contributed by atoms with Gasteiger partial charge in [0, 0.05) is 11.9 Å². The smallest absolute Gasteiger partial charge is 0.257 e. The summed E-state index contributed by atoms with van der Waals surface area (Å²) < 4.78 is 23.2. The van der Waals surface area contributed by atoms with Gasteiger partial charge in [0.2, 0.25) is 0 Å². The first-order valence-electron chi connectivity index (χ1n) is 7.09. The second kappa shape index (κ2) is 6.72. The van der Waals surface area contributed by atoms with Crippen LogP contribution in [-0.2, 0) is 9.84 Å². The monoisotopic (exact) mass is 351 g/mol. The van der Waals surface area contributed by atoms with Crippen LogP contribution in [0.15, 0.2) is 47.4 Å². The Morgan fingerprint density at radius 2 is 1.70 bits per heavy atom. The van der Waals surface area contributed by atoms with Gasteiger partial charge in [0.05, 0.1) is 15.5 Å². The molecule has 0 heterocycles. The number of hydrogen-bond donors (Lipinski definition) is 1. The standard InChI is InChI=1S/C17H18ClNO3S/c1-11(2)12-4-6-13(7-5-12)19-17(20)15-10-14(23(3,21)22)8-9-16(15)18/h4-11H,1-3H3,(H,19,20). The minimum Gasteiger partial charge on any atom is -0.322 e.